The molecule has 0 saturated heterocycles. The number of rotatable bonds is 14. The van der Waals surface area contributed by atoms with Crippen molar-refractivity contribution in [1.82, 2.24) is 25.1 Å². The van der Waals surface area contributed by atoms with Crippen LogP contribution in [0.5, 0.6) is 5.75 Å². The maximum Gasteiger partial charge on any atom is 0.418 e. The first-order chi connectivity index (χ1) is 23.7. The monoisotopic (exact) mass is 713 g/mol. The lowest BCUT2D eigenvalue weighted by atomic mass is 9.79. The molecule has 1 amide bonds. The number of Topliss-reactive ketones (excluding diaryl/α,β-unsaturated/α-hetero) is 1. The van der Waals surface area contributed by atoms with Gasteiger partial charge in [0.1, 0.15) is 29.7 Å². The van der Waals surface area contributed by atoms with E-state index in [4.69, 9.17) is 16.3 Å². The minimum Gasteiger partial charge on any atom is -0.494 e. The Morgan fingerprint density at radius 2 is 1.74 bits per heavy atom. The molecule has 50 heavy (non-hydrogen) atoms. The van der Waals surface area contributed by atoms with E-state index in [9.17, 15) is 27.9 Å². The summed E-state index contributed by atoms with van der Waals surface area (Å²) >= 11 is 5.95. The fourth-order valence-electron chi connectivity index (χ4n) is 5.60. The maximum absolute atomic E-state index is 13.1. The van der Waals surface area contributed by atoms with E-state index in [0.717, 1.165) is 43.2 Å². The molecule has 1 aliphatic rings. The molecule has 13 heteroatoms. The van der Waals surface area contributed by atoms with Gasteiger partial charge in [-0.15, -0.1) is 0 Å². The van der Waals surface area contributed by atoms with Crippen LogP contribution in [0.3, 0.4) is 0 Å². The Bertz CT molecular complexity index is 1700. The van der Waals surface area contributed by atoms with Crippen LogP contribution in [0.2, 0.25) is 5.02 Å². The van der Waals surface area contributed by atoms with Crippen LogP contribution in [-0.4, -0.2) is 48.7 Å². The van der Waals surface area contributed by atoms with Crippen LogP contribution in [0.15, 0.2) is 79.5 Å². The normalized spacial score (nSPS) is 14.9. The van der Waals surface area contributed by atoms with Crippen molar-refractivity contribution < 1.29 is 32.6 Å². The third-order valence-corrected chi connectivity index (χ3v) is 9.00. The molecule has 2 unspecified atom stereocenters. The second-order valence-corrected chi connectivity index (χ2v) is 13.5. The number of aromatic nitrogens is 4. The van der Waals surface area contributed by atoms with Gasteiger partial charge in [0, 0.05) is 16.8 Å². The van der Waals surface area contributed by atoms with Crippen LogP contribution < -0.4 is 10.1 Å². The fraction of sp³-hybridized carbons (Fsp3) is 0.432. The van der Waals surface area contributed by atoms with Gasteiger partial charge in [0.05, 0.1) is 24.3 Å². The second kappa shape index (κ2) is 16.6. The number of unbranched alkanes of at least 4 members (excludes halogenated alkanes) is 2. The smallest absolute Gasteiger partial charge is 0.418 e. The van der Waals surface area contributed by atoms with Crippen LogP contribution in [0.1, 0.15) is 91.8 Å². The number of nitrogens with zero attached hydrogens (tertiary/aromatic N) is 4. The third kappa shape index (κ3) is 10.1. The Kier molecular flexibility index (Phi) is 12.8. The van der Waals surface area contributed by atoms with E-state index in [-0.39, 0.29) is 5.92 Å². The minimum absolute atomic E-state index is 0.174. The van der Waals surface area contributed by atoms with E-state index in [0.29, 0.717) is 35.4 Å². The average molecular weight is 714 g/mol. The van der Waals surface area contributed by atoms with Crippen LogP contribution in [0.25, 0.3) is 0 Å². The number of amides is 1. The summed E-state index contributed by atoms with van der Waals surface area (Å²) in [7, 11) is 0. The average Bonchev–Trinajstić information content (AvgIpc) is 3.82. The minimum atomic E-state index is -4.73. The quantitative estimate of drug-likeness (QED) is 0.101. The number of halogens is 4. The SMILES string of the molecule is CC(C1CC1)C(O)(Cn1cncn1)c1ccc(Cl)cc1.CCCCCOc1ccc(C(=O)C(C)(C)NC(=O)c2ncccc2C(F)(F)F)cc1. The lowest BCUT2D eigenvalue weighted by molar-refractivity contribution is -0.138. The van der Waals surface area contributed by atoms with Gasteiger partial charge in [0.15, 0.2) is 5.78 Å². The number of ether oxygens (including phenoxy) is 1. The Morgan fingerprint density at radius 1 is 1.06 bits per heavy atom. The molecule has 2 aromatic carbocycles. The molecule has 0 bridgehead atoms. The van der Waals surface area contributed by atoms with Crippen molar-refractivity contribution in [3.8, 4) is 5.75 Å². The molecule has 268 valence electrons. The van der Waals surface area contributed by atoms with Gasteiger partial charge in [0.25, 0.3) is 5.91 Å². The van der Waals surface area contributed by atoms with Crippen LogP contribution in [-0.2, 0) is 18.3 Å². The zero-order valence-corrected chi connectivity index (χ0v) is 29.3. The largest absolute Gasteiger partial charge is 0.494 e. The fourth-order valence-corrected chi connectivity index (χ4v) is 5.73. The summed E-state index contributed by atoms with van der Waals surface area (Å²) in [6.45, 7) is 8.06. The lowest BCUT2D eigenvalue weighted by Gasteiger charge is -2.35. The molecule has 5 rings (SSSR count). The predicted octanol–water partition coefficient (Wildman–Crippen LogP) is 7.93. The Morgan fingerprint density at radius 3 is 2.32 bits per heavy atom. The molecule has 1 aliphatic carbocycles. The maximum atomic E-state index is 13.1. The van der Waals surface area contributed by atoms with Gasteiger partial charge in [-0.05, 0) is 99.0 Å². The molecule has 0 aliphatic heterocycles. The summed E-state index contributed by atoms with van der Waals surface area (Å²) in [5.74, 6) is -0.144. The van der Waals surface area contributed by atoms with Crippen molar-refractivity contribution in [1.29, 1.82) is 0 Å². The highest BCUT2D eigenvalue weighted by atomic mass is 35.5. The van der Waals surface area contributed by atoms with E-state index in [1.807, 2.05) is 24.3 Å². The highest BCUT2D eigenvalue weighted by molar-refractivity contribution is 6.30. The van der Waals surface area contributed by atoms with Crippen LogP contribution in [0, 0.1) is 11.8 Å². The van der Waals surface area contributed by atoms with E-state index in [2.05, 4.69) is 34.2 Å². The van der Waals surface area contributed by atoms with Crippen molar-refractivity contribution in [2.24, 2.45) is 11.8 Å². The number of alkyl halides is 3. The first-order valence-electron chi connectivity index (χ1n) is 16.6. The van der Waals surface area contributed by atoms with Crippen molar-refractivity contribution >= 4 is 23.3 Å². The lowest BCUT2D eigenvalue weighted by Crippen LogP contribution is -2.50. The molecule has 2 atom stereocenters. The predicted molar refractivity (Wildman–Crippen MR) is 184 cm³/mol. The summed E-state index contributed by atoms with van der Waals surface area (Å²) < 4.78 is 46.7. The van der Waals surface area contributed by atoms with Crippen molar-refractivity contribution in [2.75, 3.05) is 6.61 Å². The van der Waals surface area contributed by atoms with Crippen molar-refractivity contribution in [2.45, 2.75) is 83.7 Å². The number of carbonyl (C=O) groups is 2. The number of hydrogen-bond donors (Lipinski definition) is 2. The van der Waals surface area contributed by atoms with Crippen molar-refractivity contribution in [3.63, 3.8) is 0 Å². The Labute approximate surface area is 295 Å². The molecular formula is C37H43ClF3N5O4. The first kappa shape index (κ1) is 38.5. The first-order valence-corrected chi connectivity index (χ1v) is 17.0. The number of pyridine rings is 1. The number of hydrogen-bond acceptors (Lipinski definition) is 7. The summed E-state index contributed by atoms with van der Waals surface area (Å²) in [6.07, 6.45) is 4.95. The summed E-state index contributed by atoms with van der Waals surface area (Å²) in [5, 5.41) is 18.5. The van der Waals surface area contributed by atoms with Gasteiger partial charge < -0.3 is 15.2 Å². The third-order valence-electron chi connectivity index (χ3n) is 8.75. The zero-order chi connectivity index (χ0) is 36.5. The Hall–Kier alpha value is -4.29. The topological polar surface area (TPSA) is 119 Å². The molecule has 9 nitrogen and oxygen atoms in total. The van der Waals surface area contributed by atoms with Crippen LogP contribution >= 0.6 is 11.6 Å². The van der Waals surface area contributed by atoms with Gasteiger partial charge in [0.2, 0.25) is 0 Å². The molecule has 4 aromatic rings. The highest BCUT2D eigenvalue weighted by Crippen LogP contribution is 2.46. The molecule has 1 saturated carbocycles. The van der Waals surface area contributed by atoms with E-state index >= 15 is 0 Å². The van der Waals surface area contributed by atoms with Crippen molar-refractivity contribution in [3.05, 3.63) is 107 Å². The van der Waals surface area contributed by atoms with Gasteiger partial charge in [-0.1, -0.05) is 50.4 Å². The second-order valence-electron chi connectivity index (χ2n) is 13.0. The molecule has 2 aromatic heterocycles. The highest BCUT2D eigenvalue weighted by Gasteiger charge is 2.44. The summed E-state index contributed by atoms with van der Waals surface area (Å²) in [4.78, 5) is 32.8. The summed E-state index contributed by atoms with van der Waals surface area (Å²) in [5.41, 5.74) is -3.13. The molecule has 1 fully saturated rings. The van der Waals surface area contributed by atoms with Gasteiger partial charge >= 0.3 is 6.18 Å². The molecule has 2 N–H and O–H groups in total. The Balaban J connectivity index is 0.000000242. The number of carbonyl (C=O) groups excluding carboxylic acids is 2. The summed E-state index contributed by atoms with van der Waals surface area (Å²) in [6, 6.07) is 15.7. The van der Waals surface area contributed by atoms with Gasteiger partial charge in [-0.25, -0.2) is 9.67 Å². The number of benzene rings is 2. The van der Waals surface area contributed by atoms with E-state index < -0.39 is 40.3 Å². The standard InChI is InChI=1S/C22H25F3N2O3.C15H18ClN3O/c1-4-5-6-14-30-16-11-9-15(10-12-16)19(28)21(2,3)27-20(29)18-17(22(23,24)25)8-7-13-26-18;1-11(12-2-3-12)15(20,8-19-10-17-9-18-19)13-4-6-14(16)7-5-13/h7-13H,4-6,14H2,1-3H3,(H,27,29);4-7,9-12,20H,2-3,8H2,1H3. The molecule has 2 heterocycles. The molecule has 0 radical (unpaired) electrons. The molecule has 0 spiro atoms. The zero-order valence-electron chi connectivity index (χ0n) is 28.6. The number of ketones is 1. The van der Waals surface area contributed by atoms with Crippen LogP contribution in [0.4, 0.5) is 13.2 Å². The number of nitrogens with one attached hydrogen (secondary N) is 1. The molecular weight excluding hydrogens is 671 g/mol. The van der Waals surface area contributed by atoms with Gasteiger partial charge in [-0.3, -0.25) is 14.6 Å². The van der Waals surface area contributed by atoms with E-state index in [1.165, 1.54) is 33.0 Å². The number of aliphatic hydroxyl groups is 1. The van der Waals surface area contributed by atoms with Gasteiger partial charge in [-0.2, -0.15) is 18.3 Å². The van der Waals surface area contributed by atoms with E-state index in [1.54, 1.807) is 35.3 Å².